The molecule has 0 radical (unpaired) electrons. The van der Waals surface area contributed by atoms with Crippen LogP contribution < -0.4 is 10.3 Å². The normalized spacial score (nSPS) is 10.8. The van der Waals surface area contributed by atoms with Crippen molar-refractivity contribution >= 4 is 16.9 Å². The Morgan fingerprint density at radius 1 is 1.14 bits per heavy atom. The molecule has 0 atom stereocenters. The first-order chi connectivity index (χ1) is 14.1. The second-order valence-corrected chi connectivity index (χ2v) is 6.35. The van der Waals surface area contributed by atoms with Gasteiger partial charge in [-0.3, -0.25) is 9.78 Å². The highest BCUT2D eigenvalue weighted by molar-refractivity contribution is 5.92. The van der Waals surface area contributed by atoms with Gasteiger partial charge in [0.15, 0.2) is 12.4 Å². The van der Waals surface area contributed by atoms with Gasteiger partial charge in [0, 0.05) is 23.9 Å². The topological polar surface area (TPSA) is 101 Å². The van der Waals surface area contributed by atoms with Crippen molar-refractivity contribution in [2.75, 3.05) is 7.11 Å². The molecule has 3 aromatic heterocycles. The van der Waals surface area contributed by atoms with Crippen LogP contribution in [-0.4, -0.2) is 27.8 Å². The highest BCUT2D eigenvalue weighted by Crippen LogP contribution is 2.23. The monoisotopic (exact) mass is 388 g/mol. The predicted octanol–water partition coefficient (Wildman–Crippen LogP) is 1.93. The smallest absolute Gasteiger partial charge is 0.337 e. The lowest BCUT2D eigenvalue weighted by Gasteiger charge is -2.11. The van der Waals surface area contributed by atoms with E-state index in [1.54, 1.807) is 54.7 Å². The molecule has 8 nitrogen and oxygen atoms in total. The molecule has 0 bridgehead atoms. The maximum Gasteiger partial charge on any atom is 0.337 e. The summed E-state index contributed by atoms with van der Waals surface area (Å²) in [4.78, 5) is 28.9. The van der Waals surface area contributed by atoms with E-state index in [0.29, 0.717) is 32.5 Å². The van der Waals surface area contributed by atoms with Gasteiger partial charge in [-0.25, -0.2) is 9.48 Å². The van der Waals surface area contributed by atoms with Crippen molar-refractivity contribution in [1.29, 1.82) is 0 Å². The van der Waals surface area contributed by atoms with E-state index in [2.05, 4.69) is 10.1 Å². The Morgan fingerprint density at radius 3 is 2.55 bits per heavy atom. The zero-order valence-electron chi connectivity index (χ0n) is 15.5. The molecule has 0 aliphatic carbocycles. The van der Waals surface area contributed by atoms with Crippen LogP contribution in [0.5, 0.6) is 0 Å². The molecule has 0 saturated heterocycles. The SMILES string of the molecule is COC(=O)c1ccc(-c2nn(Cc3cc[n+]([O-])cc3)c(=O)c3cccnc23)cc1. The summed E-state index contributed by atoms with van der Waals surface area (Å²) in [6.45, 7) is 0.206. The van der Waals surface area contributed by atoms with Gasteiger partial charge < -0.3 is 9.94 Å². The van der Waals surface area contributed by atoms with Gasteiger partial charge >= 0.3 is 5.97 Å². The third-order valence-corrected chi connectivity index (χ3v) is 4.50. The van der Waals surface area contributed by atoms with Gasteiger partial charge in [0.25, 0.3) is 5.56 Å². The molecule has 0 amide bonds. The molecule has 0 fully saturated rings. The quantitative estimate of drug-likeness (QED) is 0.301. The van der Waals surface area contributed by atoms with E-state index in [1.165, 1.54) is 24.2 Å². The second kappa shape index (κ2) is 7.51. The molecule has 3 heterocycles. The lowest BCUT2D eigenvalue weighted by atomic mass is 10.1. The highest BCUT2D eigenvalue weighted by atomic mass is 16.5. The molecular formula is C21H16N4O4. The van der Waals surface area contributed by atoms with E-state index < -0.39 is 5.97 Å². The fourth-order valence-corrected chi connectivity index (χ4v) is 3.02. The summed E-state index contributed by atoms with van der Waals surface area (Å²) < 4.78 is 6.75. The molecule has 8 heteroatoms. The minimum absolute atomic E-state index is 0.206. The van der Waals surface area contributed by atoms with Gasteiger partial charge in [-0.1, -0.05) is 12.1 Å². The van der Waals surface area contributed by atoms with Crippen molar-refractivity contribution in [2.24, 2.45) is 0 Å². The lowest BCUT2D eigenvalue weighted by Crippen LogP contribution is -2.27. The second-order valence-electron chi connectivity index (χ2n) is 6.35. The van der Waals surface area contributed by atoms with E-state index in [9.17, 15) is 14.8 Å². The lowest BCUT2D eigenvalue weighted by molar-refractivity contribution is -0.605. The summed E-state index contributed by atoms with van der Waals surface area (Å²) in [6, 6.07) is 13.4. The summed E-state index contributed by atoms with van der Waals surface area (Å²) in [5.74, 6) is -0.433. The minimum atomic E-state index is -0.433. The van der Waals surface area contributed by atoms with Crippen molar-refractivity contribution in [3.05, 3.63) is 93.8 Å². The standard InChI is InChI=1S/C21H16N4O4/c1-29-21(27)16-6-4-15(5-7-16)18-19-17(3-2-10-22-19)20(26)25(23-18)13-14-8-11-24(28)12-9-14/h2-12H,13H2,1H3. The average molecular weight is 388 g/mol. The van der Waals surface area contributed by atoms with E-state index in [0.717, 1.165) is 5.56 Å². The molecule has 0 aliphatic rings. The summed E-state index contributed by atoms with van der Waals surface area (Å²) in [6.07, 6.45) is 4.34. The van der Waals surface area contributed by atoms with Gasteiger partial charge in [-0.15, -0.1) is 0 Å². The Labute approximate surface area is 165 Å². The number of pyridine rings is 2. The Bertz CT molecular complexity index is 1250. The Kier molecular flexibility index (Phi) is 4.74. The van der Waals surface area contributed by atoms with Gasteiger partial charge in [0.2, 0.25) is 0 Å². The van der Waals surface area contributed by atoms with Gasteiger partial charge in [-0.05, 0) is 29.8 Å². The first kappa shape index (κ1) is 18.3. The molecule has 4 rings (SSSR count). The molecular weight excluding hydrogens is 372 g/mol. The maximum atomic E-state index is 12.9. The number of aromatic nitrogens is 4. The summed E-state index contributed by atoms with van der Waals surface area (Å²) in [5.41, 5.74) is 2.61. The first-order valence-electron chi connectivity index (χ1n) is 8.79. The minimum Gasteiger partial charge on any atom is -0.619 e. The largest absolute Gasteiger partial charge is 0.619 e. The number of carbonyl (C=O) groups excluding carboxylic acids is 1. The average Bonchev–Trinajstić information content (AvgIpc) is 2.77. The maximum absolute atomic E-state index is 12.9. The third kappa shape index (κ3) is 3.55. The zero-order chi connectivity index (χ0) is 20.4. The summed E-state index contributed by atoms with van der Waals surface area (Å²) >= 11 is 0. The molecule has 4 aromatic rings. The van der Waals surface area contributed by atoms with Crippen molar-refractivity contribution in [3.8, 4) is 11.3 Å². The number of nitrogens with zero attached hydrogens (tertiary/aromatic N) is 4. The fraction of sp³-hybridized carbons (Fsp3) is 0.0952. The molecule has 0 unspecified atom stereocenters. The van der Waals surface area contributed by atoms with E-state index in [1.807, 2.05) is 0 Å². The van der Waals surface area contributed by atoms with Crippen LogP contribution in [0.15, 0.2) is 71.9 Å². The molecule has 1 aromatic carbocycles. The number of rotatable bonds is 4. The number of hydrogen-bond acceptors (Lipinski definition) is 6. The molecule has 0 spiro atoms. The van der Waals surface area contributed by atoms with Crippen LogP contribution in [0.4, 0.5) is 0 Å². The predicted molar refractivity (Wildman–Crippen MR) is 105 cm³/mol. The van der Waals surface area contributed by atoms with Crippen LogP contribution in [0.25, 0.3) is 22.2 Å². The van der Waals surface area contributed by atoms with Crippen molar-refractivity contribution in [3.63, 3.8) is 0 Å². The van der Waals surface area contributed by atoms with Crippen molar-refractivity contribution in [1.82, 2.24) is 14.8 Å². The number of carbonyl (C=O) groups is 1. The molecule has 0 N–H and O–H groups in total. The van der Waals surface area contributed by atoms with E-state index >= 15 is 0 Å². The number of ether oxygens (including phenoxy) is 1. The Balaban J connectivity index is 1.84. The Morgan fingerprint density at radius 2 is 1.86 bits per heavy atom. The van der Waals surface area contributed by atoms with Gasteiger partial charge in [0.05, 0.1) is 24.6 Å². The molecule has 144 valence electrons. The number of hydrogen-bond donors (Lipinski definition) is 0. The molecule has 0 saturated carbocycles. The highest BCUT2D eigenvalue weighted by Gasteiger charge is 2.15. The van der Waals surface area contributed by atoms with Crippen molar-refractivity contribution in [2.45, 2.75) is 6.54 Å². The Hall–Kier alpha value is -4.07. The van der Waals surface area contributed by atoms with Crippen LogP contribution in [0.1, 0.15) is 15.9 Å². The van der Waals surface area contributed by atoms with Gasteiger partial charge in [-0.2, -0.15) is 9.83 Å². The van der Waals surface area contributed by atoms with Gasteiger partial charge in [0.1, 0.15) is 11.2 Å². The van der Waals surface area contributed by atoms with E-state index in [4.69, 9.17) is 4.74 Å². The van der Waals surface area contributed by atoms with Crippen molar-refractivity contribution < 1.29 is 14.3 Å². The van der Waals surface area contributed by atoms with Crippen LogP contribution in [0, 0.1) is 5.21 Å². The molecule has 0 aliphatic heterocycles. The fourth-order valence-electron chi connectivity index (χ4n) is 3.02. The number of benzene rings is 1. The van der Waals surface area contributed by atoms with Crippen LogP contribution in [0.2, 0.25) is 0 Å². The van der Waals surface area contributed by atoms with E-state index in [-0.39, 0.29) is 12.1 Å². The number of esters is 1. The number of fused-ring (bicyclic) bond motifs is 1. The van der Waals surface area contributed by atoms with Crippen LogP contribution in [-0.2, 0) is 11.3 Å². The van der Waals surface area contributed by atoms with Crippen LogP contribution in [0.3, 0.4) is 0 Å². The van der Waals surface area contributed by atoms with Crippen LogP contribution >= 0.6 is 0 Å². The third-order valence-electron chi connectivity index (χ3n) is 4.50. The summed E-state index contributed by atoms with van der Waals surface area (Å²) in [7, 11) is 1.32. The zero-order valence-corrected chi connectivity index (χ0v) is 15.5. The first-order valence-corrected chi connectivity index (χ1v) is 8.79. The summed E-state index contributed by atoms with van der Waals surface area (Å²) in [5, 5.41) is 16.2. The number of methoxy groups -OCH3 is 1. The molecule has 29 heavy (non-hydrogen) atoms.